The molecule has 5 nitrogen and oxygen atoms in total. The summed E-state index contributed by atoms with van der Waals surface area (Å²) in [6.07, 6.45) is 1.63. The fourth-order valence-electron chi connectivity index (χ4n) is 2.09. The quantitative estimate of drug-likeness (QED) is 0.480. The zero-order valence-corrected chi connectivity index (χ0v) is 14.9. The van der Waals surface area contributed by atoms with Crippen molar-refractivity contribution in [1.82, 2.24) is 0 Å². The molecule has 1 rings (SSSR count). The van der Waals surface area contributed by atoms with Gasteiger partial charge in [-0.3, -0.25) is 9.59 Å². The van der Waals surface area contributed by atoms with Crippen molar-refractivity contribution in [2.24, 2.45) is 5.73 Å². The van der Waals surface area contributed by atoms with Gasteiger partial charge in [-0.05, 0) is 10.4 Å². The maximum absolute atomic E-state index is 12.2. The Morgan fingerprint density at radius 1 is 1.15 bits per heavy atom. The second kappa shape index (κ2) is 5.30. The number of nitrogens with two attached hydrogens (primary N) is 1. The van der Waals surface area contributed by atoms with Crippen molar-refractivity contribution in [3.05, 3.63) is 12.0 Å². The Morgan fingerprint density at radius 3 is 2.00 bits per heavy atom. The van der Waals surface area contributed by atoms with Crippen molar-refractivity contribution < 1.29 is 19.1 Å². The van der Waals surface area contributed by atoms with Crippen LogP contribution >= 0.6 is 0 Å². The monoisotopic (exact) mass is 313 g/mol. The third-order valence-corrected chi connectivity index (χ3v) is 7.35. The Morgan fingerprint density at radius 2 is 1.65 bits per heavy atom. The van der Waals surface area contributed by atoms with Crippen LogP contribution in [0.5, 0.6) is 0 Å². The van der Waals surface area contributed by atoms with Crippen LogP contribution in [0.1, 0.15) is 10.6 Å². The van der Waals surface area contributed by atoms with E-state index in [1.165, 1.54) is 0 Å². The minimum absolute atomic E-state index is 0.150. The molecule has 0 aromatic carbocycles. The van der Waals surface area contributed by atoms with Gasteiger partial charge in [-0.15, -0.1) is 0 Å². The topological polar surface area (TPSA) is 93.5 Å². The van der Waals surface area contributed by atoms with E-state index in [1.54, 1.807) is 6.26 Å². The first kappa shape index (κ1) is 16.9. The number of hydrogen-bond acceptors (Lipinski definition) is 4. The van der Waals surface area contributed by atoms with Crippen LogP contribution in [0.25, 0.3) is 0 Å². The summed E-state index contributed by atoms with van der Waals surface area (Å²) in [4.78, 5) is 23.1. The van der Waals surface area contributed by atoms with Gasteiger partial charge in [0.05, 0.1) is 22.4 Å². The van der Waals surface area contributed by atoms with E-state index in [-0.39, 0.29) is 5.76 Å². The Bertz CT molecular complexity index is 538. The first-order valence-corrected chi connectivity index (χ1v) is 13.5. The highest BCUT2D eigenvalue weighted by molar-refractivity contribution is 6.99. The van der Waals surface area contributed by atoms with Crippen molar-refractivity contribution >= 4 is 38.3 Å². The maximum Gasteiger partial charge on any atom is 0.328 e. The Hall–Kier alpha value is -1.19. The minimum Gasteiger partial charge on any atom is -0.480 e. The molecule has 0 saturated heterocycles. The van der Waals surface area contributed by atoms with Crippen LogP contribution in [0.4, 0.5) is 0 Å². The summed E-state index contributed by atoms with van der Waals surface area (Å²) >= 11 is 0. The van der Waals surface area contributed by atoms with Crippen molar-refractivity contribution in [2.45, 2.75) is 45.3 Å². The molecule has 7 heteroatoms. The summed E-state index contributed by atoms with van der Waals surface area (Å²) < 4.78 is 5.46. The average molecular weight is 314 g/mol. The first-order valence-electron chi connectivity index (χ1n) is 6.52. The molecule has 1 aromatic heterocycles. The molecule has 0 bridgehead atoms. The molecule has 0 aliphatic heterocycles. The number of hydrogen-bond donors (Lipinski definition) is 2. The van der Waals surface area contributed by atoms with Gasteiger partial charge in [0.2, 0.25) is 5.78 Å². The molecule has 0 aliphatic rings. The molecule has 1 aromatic rings. The van der Waals surface area contributed by atoms with Gasteiger partial charge in [0, 0.05) is 0 Å². The van der Waals surface area contributed by atoms with Gasteiger partial charge in [-0.2, -0.15) is 0 Å². The van der Waals surface area contributed by atoms with Crippen molar-refractivity contribution in [1.29, 1.82) is 0 Å². The number of Topliss-reactive ketones (excluding diaryl/α,β-unsaturated/α-hetero) is 1. The highest BCUT2D eigenvalue weighted by Crippen LogP contribution is 2.13. The molecule has 20 heavy (non-hydrogen) atoms. The standard InChI is InChI=1S/C13H23NO4Si2/c1-19(2,3)8-7-18-11(12(8)20(4,5)6)10(15)9(14)13(16)17/h7,9H,14H2,1-6H3,(H,16,17). The van der Waals surface area contributed by atoms with Crippen LogP contribution in [0.2, 0.25) is 39.3 Å². The van der Waals surface area contributed by atoms with Gasteiger partial charge < -0.3 is 15.3 Å². The molecular weight excluding hydrogens is 290 g/mol. The molecule has 1 unspecified atom stereocenters. The SMILES string of the molecule is C[Si](C)(C)c1coc(C(=O)C(N)C(=O)O)c1[Si](C)(C)C. The van der Waals surface area contributed by atoms with Crippen molar-refractivity contribution in [3.63, 3.8) is 0 Å². The van der Waals surface area contributed by atoms with Gasteiger partial charge in [0.25, 0.3) is 0 Å². The Labute approximate surface area is 121 Å². The fourth-order valence-corrected chi connectivity index (χ4v) is 7.35. The number of ketones is 1. The molecule has 1 atom stereocenters. The van der Waals surface area contributed by atoms with E-state index < -0.39 is 33.9 Å². The molecule has 0 amide bonds. The van der Waals surface area contributed by atoms with Crippen LogP contribution in [0.15, 0.2) is 10.7 Å². The molecule has 1 heterocycles. The van der Waals surface area contributed by atoms with E-state index in [9.17, 15) is 9.59 Å². The van der Waals surface area contributed by atoms with Gasteiger partial charge in [-0.25, -0.2) is 0 Å². The van der Waals surface area contributed by atoms with Crippen LogP contribution in [0, 0.1) is 0 Å². The lowest BCUT2D eigenvalue weighted by atomic mass is 10.1. The van der Waals surface area contributed by atoms with E-state index in [4.69, 9.17) is 15.3 Å². The maximum atomic E-state index is 12.2. The predicted molar refractivity (Wildman–Crippen MR) is 84.6 cm³/mol. The molecule has 0 saturated carbocycles. The third kappa shape index (κ3) is 3.28. The highest BCUT2D eigenvalue weighted by atomic mass is 28.3. The number of furan rings is 1. The summed E-state index contributed by atoms with van der Waals surface area (Å²) in [7, 11) is -3.53. The summed E-state index contributed by atoms with van der Waals surface area (Å²) in [5, 5.41) is 10.9. The van der Waals surface area contributed by atoms with Crippen molar-refractivity contribution in [2.75, 3.05) is 0 Å². The van der Waals surface area contributed by atoms with Crippen LogP contribution in [0.3, 0.4) is 0 Å². The number of carbonyl (C=O) groups is 2. The first-order chi connectivity index (χ1) is 8.87. The van der Waals surface area contributed by atoms with Crippen LogP contribution in [-0.4, -0.2) is 39.0 Å². The highest BCUT2D eigenvalue weighted by Gasteiger charge is 2.37. The molecule has 3 N–H and O–H groups in total. The lowest BCUT2D eigenvalue weighted by Gasteiger charge is -2.24. The second-order valence-electron chi connectivity index (χ2n) is 7.03. The molecule has 0 aliphatic carbocycles. The summed E-state index contributed by atoms with van der Waals surface area (Å²) in [6.45, 7) is 12.9. The van der Waals surface area contributed by atoms with E-state index in [1.807, 2.05) is 0 Å². The van der Waals surface area contributed by atoms with E-state index in [0.29, 0.717) is 0 Å². The van der Waals surface area contributed by atoms with Gasteiger partial charge in [-0.1, -0.05) is 39.3 Å². The molecular formula is C13H23NO4Si2. The average Bonchev–Trinajstić information content (AvgIpc) is 2.70. The fraction of sp³-hybridized carbons (Fsp3) is 0.538. The normalized spacial score (nSPS) is 14.2. The zero-order chi connectivity index (χ0) is 15.9. The molecule has 112 valence electrons. The Kier molecular flexibility index (Phi) is 4.47. The predicted octanol–water partition coefficient (Wildman–Crippen LogP) is 0.965. The minimum atomic E-state index is -1.85. The van der Waals surface area contributed by atoms with E-state index >= 15 is 0 Å². The molecule has 0 radical (unpaired) electrons. The molecule has 0 spiro atoms. The van der Waals surface area contributed by atoms with Crippen molar-refractivity contribution in [3.8, 4) is 0 Å². The number of aliphatic carboxylic acids is 1. The lowest BCUT2D eigenvalue weighted by molar-refractivity contribution is -0.137. The van der Waals surface area contributed by atoms with Gasteiger partial charge in [0.15, 0.2) is 11.8 Å². The zero-order valence-electron chi connectivity index (χ0n) is 12.9. The molecule has 0 fully saturated rings. The van der Waals surface area contributed by atoms with Crippen LogP contribution < -0.4 is 16.1 Å². The second-order valence-corrected chi connectivity index (χ2v) is 17.1. The Balaban J connectivity index is 3.47. The van der Waals surface area contributed by atoms with Gasteiger partial charge >= 0.3 is 5.97 Å². The third-order valence-electron chi connectivity index (χ3n) is 3.12. The van der Waals surface area contributed by atoms with Gasteiger partial charge in [0.1, 0.15) is 0 Å². The lowest BCUT2D eigenvalue weighted by Crippen LogP contribution is -2.57. The summed E-state index contributed by atoms with van der Waals surface area (Å²) in [5.41, 5.74) is 5.44. The van der Waals surface area contributed by atoms with E-state index in [0.717, 1.165) is 10.4 Å². The number of carboxylic acids is 1. The largest absolute Gasteiger partial charge is 0.480 e. The summed E-state index contributed by atoms with van der Waals surface area (Å²) in [6, 6.07) is -1.56. The van der Waals surface area contributed by atoms with Crippen LogP contribution in [-0.2, 0) is 4.79 Å². The number of carbonyl (C=O) groups excluding carboxylic acids is 1. The smallest absolute Gasteiger partial charge is 0.328 e. The summed E-state index contributed by atoms with van der Waals surface area (Å²) in [5.74, 6) is -1.82. The van der Waals surface area contributed by atoms with E-state index in [2.05, 4.69) is 39.3 Å². The number of rotatable bonds is 5. The number of carboxylic acid groups (broad SMARTS) is 1.